The molecule has 0 aromatic rings. The number of carbonyl (C=O) groups is 2. The number of aliphatic hydroxyl groups excluding tert-OH is 1. The van der Waals surface area contributed by atoms with E-state index in [4.69, 9.17) is 10.9 Å². The van der Waals surface area contributed by atoms with Crippen LogP contribution in [0.5, 0.6) is 0 Å². The van der Waals surface area contributed by atoms with Gasteiger partial charge in [0, 0.05) is 7.05 Å². The van der Waals surface area contributed by atoms with Gasteiger partial charge in [0.1, 0.15) is 6.10 Å². The smallest absolute Gasteiger partial charge is 0.246 e. The van der Waals surface area contributed by atoms with Gasteiger partial charge in [0.25, 0.3) is 0 Å². The van der Waals surface area contributed by atoms with Crippen molar-refractivity contribution in [3.8, 4) is 0 Å². The van der Waals surface area contributed by atoms with Crippen LogP contribution in [-0.4, -0.2) is 35.1 Å². The zero-order valence-electron chi connectivity index (χ0n) is 6.15. The van der Waals surface area contributed by atoms with Crippen molar-refractivity contribution in [3.05, 3.63) is 0 Å². The number of hydrogen-bond donors (Lipinski definition) is 3. The van der Waals surface area contributed by atoms with E-state index in [1.165, 1.54) is 7.05 Å². The van der Waals surface area contributed by atoms with Crippen LogP contribution in [0.4, 0.5) is 0 Å². The van der Waals surface area contributed by atoms with Crippen LogP contribution < -0.4 is 11.6 Å². The molecular weight excluding hydrogens is 150 g/mol. The molecule has 0 bridgehead atoms. The second-order valence-electron chi connectivity index (χ2n) is 2.13. The lowest BCUT2D eigenvalue weighted by Gasteiger charge is -2.11. The number of primary amides is 1. The third-order valence-corrected chi connectivity index (χ3v) is 1.09. The van der Waals surface area contributed by atoms with Crippen LogP contribution in [0.1, 0.15) is 6.42 Å². The molecular formula is C5H11N3O3. The maximum absolute atomic E-state index is 10.7. The molecule has 0 aromatic heterocycles. The molecule has 0 rings (SSSR count). The maximum Gasteiger partial charge on any atom is 0.246 e. The lowest BCUT2D eigenvalue weighted by atomic mass is 10.2. The van der Waals surface area contributed by atoms with Gasteiger partial charge in [-0.1, -0.05) is 0 Å². The molecule has 0 saturated heterocycles. The molecule has 2 amide bonds. The topological polar surface area (TPSA) is 110 Å². The average molecular weight is 161 g/mol. The minimum Gasteiger partial charge on any atom is -0.383 e. The van der Waals surface area contributed by atoms with E-state index in [0.717, 1.165) is 5.01 Å². The van der Waals surface area contributed by atoms with Crippen molar-refractivity contribution in [3.63, 3.8) is 0 Å². The molecule has 64 valence electrons. The van der Waals surface area contributed by atoms with E-state index in [2.05, 4.69) is 5.73 Å². The van der Waals surface area contributed by atoms with Crippen molar-refractivity contribution in [1.82, 2.24) is 5.01 Å². The molecule has 1 unspecified atom stereocenters. The van der Waals surface area contributed by atoms with Gasteiger partial charge in [-0.2, -0.15) is 0 Å². The van der Waals surface area contributed by atoms with Gasteiger partial charge >= 0.3 is 0 Å². The monoisotopic (exact) mass is 161 g/mol. The van der Waals surface area contributed by atoms with Gasteiger partial charge in [-0.3, -0.25) is 14.6 Å². The van der Waals surface area contributed by atoms with E-state index in [0.29, 0.717) is 0 Å². The Bertz CT molecular complexity index is 168. The van der Waals surface area contributed by atoms with Gasteiger partial charge in [0.2, 0.25) is 11.8 Å². The van der Waals surface area contributed by atoms with Crippen molar-refractivity contribution in [1.29, 1.82) is 0 Å². The highest BCUT2D eigenvalue weighted by Gasteiger charge is 2.16. The Balaban J connectivity index is 3.85. The number of nitrogens with zero attached hydrogens (tertiary/aromatic N) is 1. The normalized spacial score (nSPS) is 12.3. The third kappa shape index (κ3) is 3.54. The minimum absolute atomic E-state index is 0.373. The summed E-state index contributed by atoms with van der Waals surface area (Å²) in [6, 6.07) is 0. The van der Waals surface area contributed by atoms with Crippen LogP contribution in [-0.2, 0) is 9.59 Å². The molecule has 6 nitrogen and oxygen atoms in total. The number of aliphatic hydroxyl groups is 1. The molecule has 5 N–H and O–H groups in total. The van der Waals surface area contributed by atoms with Crippen molar-refractivity contribution >= 4 is 11.8 Å². The van der Waals surface area contributed by atoms with E-state index in [1.807, 2.05) is 0 Å². The molecule has 0 saturated carbocycles. The van der Waals surface area contributed by atoms with E-state index in [1.54, 1.807) is 0 Å². The first-order chi connectivity index (χ1) is 4.95. The summed E-state index contributed by atoms with van der Waals surface area (Å²) in [6.07, 6.45) is -1.82. The summed E-state index contributed by atoms with van der Waals surface area (Å²) in [4.78, 5) is 20.9. The van der Waals surface area contributed by atoms with Crippen LogP contribution in [0, 0.1) is 0 Å². The summed E-state index contributed by atoms with van der Waals surface area (Å²) in [5.41, 5.74) is 4.68. The van der Waals surface area contributed by atoms with Gasteiger partial charge in [0.15, 0.2) is 0 Å². The number of carbonyl (C=O) groups excluding carboxylic acids is 2. The fourth-order valence-corrected chi connectivity index (χ4v) is 0.410. The lowest BCUT2D eigenvalue weighted by molar-refractivity contribution is -0.137. The number of rotatable bonds is 3. The Labute approximate surface area is 63.7 Å². The predicted octanol–water partition coefficient (Wildman–Crippen LogP) is -2.45. The maximum atomic E-state index is 10.7. The third-order valence-electron chi connectivity index (χ3n) is 1.09. The van der Waals surface area contributed by atoms with Crippen LogP contribution in [0.15, 0.2) is 0 Å². The zero-order valence-corrected chi connectivity index (χ0v) is 6.15. The highest BCUT2D eigenvalue weighted by atomic mass is 16.3. The predicted molar refractivity (Wildman–Crippen MR) is 36.8 cm³/mol. The summed E-state index contributed by atoms with van der Waals surface area (Å²) in [5, 5.41) is 9.55. The molecule has 0 aliphatic heterocycles. The minimum atomic E-state index is -1.45. The van der Waals surface area contributed by atoms with Crippen LogP contribution in [0.3, 0.4) is 0 Å². The molecule has 0 spiro atoms. The molecule has 0 aliphatic carbocycles. The summed E-state index contributed by atoms with van der Waals surface area (Å²) in [6.45, 7) is 0. The first-order valence-corrected chi connectivity index (χ1v) is 2.93. The summed E-state index contributed by atoms with van der Waals surface area (Å²) >= 11 is 0. The number of hydrazine groups is 1. The number of nitrogens with two attached hydrogens (primary N) is 2. The van der Waals surface area contributed by atoms with Gasteiger partial charge in [0.05, 0.1) is 6.42 Å². The molecule has 0 radical (unpaired) electrons. The van der Waals surface area contributed by atoms with Crippen molar-refractivity contribution in [2.24, 2.45) is 11.6 Å². The summed E-state index contributed by atoms with van der Waals surface area (Å²) in [7, 11) is 1.32. The average Bonchev–Trinajstić information content (AvgIpc) is 1.87. The van der Waals surface area contributed by atoms with E-state index in [-0.39, 0.29) is 6.42 Å². The van der Waals surface area contributed by atoms with Gasteiger partial charge in [-0.15, -0.1) is 0 Å². The molecule has 6 heteroatoms. The van der Waals surface area contributed by atoms with Crippen molar-refractivity contribution in [2.45, 2.75) is 12.5 Å². The zero-order chi connectivity index (χ0) is 9.02. The van der Waals surface area contributed by atoms with Crippen LogP contribution in [0.25, 0.3) is 0 Å². The van der Waals surface area contributed by atoms with Crippen molar-refractivity contribution in [2.75, 3.05) is 7.05 Å². The number of amides is 2. The Morgan fingerprint density at radius 3 is 2.36 bits per heavy atom. The van der Waals surface area contributed by atoms with Crippen LogP contribution in [0.2, 0.25) is 0 Å². The second kappa shape index (κ2) is 3.89. The van der Waals surface area contributed by atoms with Gasteiger partial charge in [-0.05, 0) is 0 Å². The SMILES string of the molecule is CN(N)C(=O)CC(O)C(N)=O. The fourth-order valence-electron chi connectivity index (χ4n) is 0.410. The lowest BCUT2D eigenvalue weighted by Crippen LogP contribution is -2.39. The largest absolute Gasteiger partial charge is 0.383 e. The van der Waals surface area contributed by atoms with Gasteiger partial charge < -0.3 is 10.8 Å². The molecule has 1 atom stereocenters. The highest BCUT2D eigenvalue weighted by molar-refractivity contribution is 5.85. The Hall–Kier alpha value is -1.14. The highest BCUT2D eigenvalue weighted by Crippen LogP contribution is 1.92. The Kier molecular flexibility index (Phi) is 3.49. The fraction of sp³-hybridized carbons (Fsp3) is 0.600. The Morgan fingerprint density at radius 2 is 2.09 bits per heavy atom. The summed E-state index contributed by atoms with van der Waals surface area (Å²) in [5.74, 6) is 3.53. The summed E-state index contributed by atoms with van der Waals surface area (Å²) < 4.78 is 0. The van der Waals surface area contributed by atoms with E-state index >= 15 is 0 Å². The van der Waals surface area contributed by atoms with E-state index < -0.39 is 17.9 Å². The first kappa shape index (κ1) is 9.86. The molecule has 0 aromatic carbocycles. The molecule has 0 aliphatic rings. The first-order valence-electron chi connectivity index (χ1n) is 2.93. The standard InChI is InChI=1S/C5H11N3O3/c1-8(7)4(10)2-3(9)5(6)11/h3,9H,2,7H2,1H3,(H2,6,11). The second-order valence-corrected chi connectivity index (χ2v) is 2.13. The molecule has 0 fully saturated rings. The Morgan fingerprint density at radius 1 is 1.64 bits per heavy atom. The van der Waals surface area contributed by atoms with E-state index in [9.17, 15) is 9.59 Å². The van der Waals surface area contributed by atoms with Gasteiger partial charge in [-0.25, -0.2) is 5.84 Å². The quantitative estimate of drug-likeness (QED) is 0.242. The van der Waals surface area contributed by atoms with Crippen molar-refractivity contribution < 1.29 is 14.7 Å². The van der Waals surface area contributed by atoms with Crippen LogP contribution >= 0.6 is 0 Å². The molecule has 11 heavy (non-hydrogen) atoms. The number of hydrogen-bond acceptors (Lipinski definition) is 4. The molecule has 0 heterocycles.